The zero-order valence-corrected chi connectivity index (χ0v) is 8.17. The maximum absolute atomic E-state index is 12.5. The molecular weight excluding hydrogens is 171 g/mol. The van der Waals surface area contributed by atoms with Crippen LogP contribution in [0.4, 0.5) is 4.39 Å². The highest BCUT2D eigenvalue weighted by Crippen LogP contribution is 1.94. The minimum Gasteiger partial charge on any atom is -0.468 e. The topological polar surface area (TPSA) is 33.6 Å². The Morgan fingerprint density at radius 1 is 1.62 bits per heavy atom. The van der Waals surface area contributed by atoms with Gasteiger partial charge in [-0.1, -0.05) is 6.58 Å². The van der Waals surface area contributed by atoms with Gasteiger partial charge >= 0.3 is 0 Å². The van der Waals surface area contributed by atoms with E-state index in [1.54, 1.807) is 0 Å². The molecule has 0 aliphatic carbocycles. The van der Waals surface area contributed by atoms with E-state index >= 15 is 0 Å². The third-order valence-corrected chi connectivity index (χ3v) is 1.10. The van der Waals surface area contributed by atoms with Gasteiger partial charge in [0.2, 0.25) is 0 Å². The molecule has 74 valence electrons. The molecule has 0 aromatic rings. The molecule has 13 heavy (non-hydrogen) atoms. The van der Waals surface area contributed by atoms with E-state index in [1.807, 2.05) is 13.8 Å². The van der Waals surface area contributed by atoms with Crippen molar-refractivity contribution in [3.8, 4) is 0 Å². The van der Waals surface area contributed by atoms with Crippen LogP contribution >= 0.6 is 0 Å². The van der Waals surface area contributed by atoms with Gasteiger partial charge < -0.3 is 10.1 Å². The highest BCUT2D eigenvalue weighted by atomic mass is 19.1. The molecule has 0 radical (unpaired) electrons. The van der Waals surface area contributed by atoms with E-state index in [4.69, 9.17) is 4.74 Å². The third kappa shape index (κ3) is 5.90. The van der Waals surface area contributed by atoms with Gasteiger partial charge in [0.1, 0.15) is 5.83 Å². The SMILES string of the molecule is C=C/C(F)=C/NC(=NC(C)C)OC. The van der Waals surface area contributed by atoms with Crippen LogP contribution in [0.3, 0.4) is 0 Å². The predicted octanol–water partition coefficient (Wildman–Crippen LogP) is 1.98. The van der Waals surface area contributed by atoms with Crippen LogP contribution in [0.25, 0.3) is 0 Å². The largest absolute Gasteiger partial charge is 0.468 e. The first kappa shape index (κ1) is 11.7. The zero-order valence-electron chi connectivity index (χ0n) is 8.17. The van der Waals surface area contributed by atoms with E-state index in [1.165, 1.54) is 7.11 Å². The number of ether oxygens (including phenoxy) is 1. The molecule has 0 saturated heterocycles. The van der Waals surface area contributed by atoms with Gasteiger partial charge in [0.05, 0.1) is 7.11 Å². The number of nitrogens with zero attached hydrogens (tertiary/aromatic N) is 1. The Kier molecular flexibility index (Phi) is 5.59. The van der Waals surface area contributed by atoms with E-state index in [-0.39, 0.29) is 12.1 Å². The normalized spacial score (nSPS) is 13.0. The summed E-state index contributed by atoms with van der Waals surface area (Å²) in [6.07, 6.45) is 2.23. The lowest BCUT2D eigenvalue weighted by molar-refractivity contribution is 0.382. The summed E-state index contributed by atoms with van der Waals surface area (Å²) in [6.45, 7) is 7.06. The molecule has 0 aliphatic rings. The fourth-order valence-corrected chi connectivity index (χ4v) is 0.573. The molecule has 0 heterocycles. The van der Waals surface area contributed by atoms with Crippen molar-refractivity contribution in [3.05, 3.63) is 24.7 Å². The first-order valence-corrected chi connectivity index (χ1v) is 3.96. The molecule has 0 aliphatic heterocycles. The van der Waals surface area contributed by atoms with E-state index in [0.29, 0.717) is 0 Å². The Morgan fingerprint density at radius 2 is 2.23 bits per heavy atom. The van der Waals surface area contributed by atoms with Crippen molar-refractivity contribution in [2.75, 3.05) is 7.11 Å². The second-order valence-corrected chi connectivity index (χ2v) is 2.61. The van der Waals surface area contributed by atoms with Gasteiger partial charge in [-0.2, -0.15) is 0 Å². The fraction of sp³-hybridized carbons (Fsp3) is 0.444. The number of methoxy groups -OCH3 is 1. The van der Waals surface area contributed by atoms with Crippen molar-refractivity contribution < 1.29 is 9.13 Å². The maximum atomic E-state index is 12.5. The lowest BCUT2D eigenvalue weighted by Crippen LogP contribution is -2.21. The standard InChI is InChI=1S/C9H15FN2O/c1-5-8(10)6-11-9(13-4)12-7(2)3/h5-7H,1H2,2-4H3,(H,11,12)/b8-6-. The first-order chi connectivity index (χ1) is 6.10. The maximum Gasteiger partial charge on any atom is 0.288 e. The summed E-state index contributed by atoms with van der Waals surface area (Å²) in [4.78, 5) is 4.04. The lowest BCUT2D eigenvalue weighted by atomic mass is 10.4. The van der Waals surface area contributed by atoms with Gasteiger partial charge in [0.25, 0.3) is 6.02 Å². The molecule has 1 N–H and O–H groups in total. The Balaban J connectivity index is 4.22. The minimum atomic E-state index is -0.464. The number of aliphatic imine (C=N–C) groups is 1. The molecule has 0 fully saturated rings. The van der Waals surface area contributed by atoms with E-state index < -0.39 is 5.83 Å². The van der Waals surface area contributed by atoms with E-state index in [0.717, 1.165) is 12.3 Å². The van der Waals surface area contributed by atoms with E-state index in [2.05, 4.69) is 16.9 Å². The van der Waals surface area contributed by atoms with Gasteiger partial charge in [0.15, 0.2) is 0 Å². The summed E-state index contributed by atoms with van der Waals surface area (Å²) in [6, 6.07) is 0.384. The van der Waals surface area contributed by atoms with Crippen LogP contribution in [0.1, 0.15) is 13.8 Å². The van der Waals surface area contributed by atoms with Crippen molar-refractivity contribution >= 4 is 6.02 Å². The predicted molar refractivity (Wildman–Crippen MR) is 52.1 cm³/mol. The first-order valence-electron chi connectivity index (χ1n) is 3.96. The smallest absolute Gasteiger partial charge is 0.288 e. The van der Waals surface area contributed by atoms with Gasteiger partial charge in [-0.15, -0.1) is 0 Å². The van der Waals surface area contributed by atoms with Crippen molar-refractivity contribution in [1.29, 1.82) is 0 Å². The number of allylic oxidation sites excluding steroid dienone is 2. The number of hydrogen-bond donors (Lipinski definition) is 1. The van der Waals surface area contributed by atoms with Crippen LogP contribution in [0.15, 0.2) is 29.7 Å². The number of rotatable bonds is 3. The van der Waals surface area contributed by atoms with Crippen molar-refractivity contribution in [2.45, 2.75) is 19.9 Å². The summed E-state index contributed by atoms with van der Waals surface area (Å²) < 4.78 is 17.4. The zero-order chi connectivity index (χ0) is 10.3. The van der Waals surface area contributed by atoms with Crippen LogP contribution in [-0.4, -0.2) is 19.2 Å². The second kappa shape index (κ2) is 6.22. The Hall–Kier alpha value is -1.32. The summed E-state index contributed by atoms with van der Waals surface area (Å²) in [5.74, 6) is -0.464. The number of halogens is 1. The van der Waals surface area contributed by atoms with Crippen molar-refractivity contribution in [3.63, 3.8) is 0 Å². The average molecular weight is 186 g/mol. The average Bonchev–Trinajstić information content (AvgIpc) is 2.10. The van der Waals surface area contributed by atoms with Crippen molar-refractivity contribution in [2.24, 2.45) is 4.99 Å². The molecule has 0 aromatic carbocycles. The molecule has 0 unspecified atom stereocenters. The molecule has 0 aromatic heterocycles. The van der Waals surface area contributed by atoms with Crippen molar-refractivity contribution in [1.82, 2.24) is 5.32 Å². The molecule has 0 bridgehead atoms. The molecular formula is C9H15FN2O. The van der Waals surface area contributed by atoms with Crippen LogP contribution in [-0.2, 0) is 4.74 Å². The monoisotopic (exact) mass is 186 g/mol. The van der Waals surface area contributed by atoms with Gasteiger partial charge in [0, 0.05) is 12.2 Å². The quantitative estimate of drug-likeness (QED) is 0.415. The molecule has 0 saturated carbocycles. The highest BCUT2D eigenvalue weighted by molar-refractivity contribution is 5.74. The number of hydrogen-bond acceptors (Lipinski definition) is 2. The summed E-state index contributed by atoms with van der Waals surface area (Å²) in [5, 5.41) is 2.57. The summed E-state index contributed by atoms with van der Waals surface area (Å²) >= 11 is 0. The van der Waals surface area contributed by atoms with Crippen LogP contribution in [0.5, 0.6) is 0 Å². The number of amidine groups is 1. The highest BCUT2D eigenvalue weighted by Gasteiger charge is 1.96. The molecule has 4 heteroatoms. The summed E-state index contributed by atoms with van der Waals surface area (Å²) in [7, 11) is 1.47. The Bertz CT molecular complexity index is 222. The Morgan fingerprint density at radius 3 is 2.62 bits per heavy atom. The molecule has 0 atom stereocenters. The van der Waals surface area contributed by atoms with Crippen LogP contribution in [0, 0.1) is 0 Å². The number of nitrogens with one attached hydrogen (secondary N) is 1. The van der Waals surface area contributed by atoms with Crippen LogP contribution in [0.2, 0.25) is 0 Å². The van der Waals surface area contributed by atoms with Gasteiger partial charge in [-0.3, -0.25) is 0 Å². The molecule has 0 spiro atoms. The van der Waals surface area contributed by atoms with Crippen LogP contribution < -0.4 is 5.32 Å². The lowest BCUT2D eigenvalue weighted by Gasteiger charge is -2.05. The fourth-order valence-electron chi connectivity index (χ4n) is 0.573. The third-order valence-electron chi connectivity index (χ3n) is 1.10. The molecule has 3 nitrogen and oxygen atoms in total. The molecule has 0 rings (SSSR count). The van der Waals surface area contributed by atoms with Gasteiger partial charge in [-0.05, 0) is 19.9 Å². The Labute approximate surface area is 78.0 Å². The molecule has 0 amide bonds. The minimum absolute atomic E-state index is 0.0997. The second-order valence-electron chi connectivity index (χ2n) is 2.61. The van der Waals surface area contributed by atoms with Gasteiger partial charge in [-0.25, -0.2) is 9.38 Å². The van der Waals surface area contributed by atoms with E-state index in [9.17, 15) is 4.39 Å². The summed E-state index contributed by atoms with van der Waals surface area (Å²) in [5.41, 5.74) is 0.